The van der Waals surface area contributed by atoms with Gasteiger partial charge in [0.15, 0.2) is 0 Å². The molecule has 3 N–H and O–H groups in total. The molecule has 0 spiro atoms. The minimum atomic E-state index is -0.0289. The molecule has 0 aliphatic heterocycles. The topological polar surface area (TPSA) is 62.4 Å². The Balaban J connectivity index is 2.29. The quantitative estimate of drug-likeness (QED) is 0.599. The number of hydrogen-bond acceptors (Lipinski definition) is 4. The Labute approximate surface area is 108 Å². The first-order chi connectivity index (χ1) is 8.77. The van der Waals surface area contributed by atoms with Crippen molar-refractivity contribution in [2.24, 2.45) is 0 Å². The average Bonchev–Trinajstić information content (AvgIpc) is 2.41. The van der Waals surface area contributed by atoms with E-state index < -0.39 is 0 Å². The van der Waals surface area contributed by atoms with Crippen LogP contribution in [0.25, 0.3) is 0 Å². The summed E-state index contributed by atoms with van der Waals surface area (Å²) in [6, 6.07) is 7.52. The molecule has 0 atom stereocenters. The van der Waals surface area contributed by atoms with Gasteiger partial charge in [-0.2, -0.15) is 0 Å². The Morgan fingerprint density at radius 3 is 2.78 bits per heavy atom. The highest BCUT2D eigenvalue weighted by atomic mass is 16.5. The number of hydrogen-bond donors (Lipinski definition) is 3. The monoisotopic (exact) mass is 251 g/mol. The maximum atomic E-state index is 11.5. The summed E-state index contributed by atoms with van der Waals surface area (Å²) >= 11 is 0. The van der Waals surface area contributed by atoms with Crippen LogP contribution in [-0.2, 0) is 4.79 Å². The lowest BCUT2D eigenvalue weighted by atomic mass is 10.3. The van der Waals surface area contributed by atoms with Crippen molar-refractivity contribution in [2.75, 3.05) is 38.6 Å². The van der Waals surface area contributed by atoms with E-state index in [1.165, 1.54) is 0 Å². The van der Waals surface area contributed by atoms with E-state index in [4.69, 9.17) is 4.74 Å². The third kappa shape index (κ3) is 5.05. The van der Waals surface area contributed by atoms with Crippen LogP contribution in [0.2, 0.25) is 0 Å². The van der Waals surface area contributed by atoms with Crippen LogP contribution in [0, 0.1) is 0 Å². The molecule has 0 aromatic heterocycles. The fourth-order valence-corrected chi connectivity index (χ4v) is 1.50. The molecule has 5 nitrogen and oxygen atoms in total. The zero-order valence-electron chi connectivity index (χ0n) is 11.0. The Morgan fingerprint density at radius 2 is 2.06 bits per heavy atom. The third-order valence-corrected chi connectivity index (χ3v) is 2.42. The number of amides is 1. The van der Waals surface area contributed by atoms with Crippen LogP contribution in [-0.4, -0.2) is 39.2 Å². The van der Waals surface area contributed by atoms with Crippen LogP contribution in [0.4, 0.5) is 5.69 Å². The summed E-state index contributed by atoms with van der Waals surface area (Å²) in [5.41, 5.74) is 0.821. The van der Waals surface area contributed by atoms with E-state index in [-0.39, 0.29) is 12.5 Å². The first-order valence-electron chi connectivity index (χ1n) is 6.12. The first-order valence-corrected chi connectivity index (χ1v) is 6.12. The number of ether oxygens (including phenoxy) is 1. The second-order valence-electron chi connectivity index (χ2n) is 3.76. The number of methoxy groups -OCH3 is 1. The average molecular weight is 251 g/mol. The molecule has 0 saturated carbocycles. The standard InChI is InChI=1S/C13H21N3O2/c1-3-14-8-9-15-13(17)10-16-11-6-4-5-7-12(11)18-2/h4-7,14,16H,3,8-10H2,1-2H3,(H,15,17). The maximum absolute atomic E-state index is 11.5. The largest absolute Gasteiger partial charge is 0.495 e. The molecule has 0 heterocycles. The van der Waals surface area contributed by atoms with Crippen LogP contribution in [0.15, 0.2) is 24.3 Å². The van der Waals surface area contributed by atoms with Gasteiger partial charge in [0.1, 0.15) is 5.75 Å². The van der Waals surface area contributed by atoms with Crippen molar-refractivity contribution in [3.8, 4) is 5.75 Å². The molecular weight excluding hydrogens is 230 g/mol. The lowest BCUT2D eigenvalue weighted by Gasteiger charge is -2.11. The van der Waals surface area contributed by atoms with E-state index in [0.717, 1.165) is 24.5 Å². The fourth-order valence-electron chi connectivity index (χ4n) is 1.50. The van der Waals surface area contributed by atoms with Gasteiger partial charge in [0.2, 0.25) is 5.91 Å². The van der Waals surface area contributed by atoms with Crippen LogP contribution in [0.5, 0.6) is 5.75 Å². The number of rotatable bonds is 8. The van der Waals surface area contributed by atoms with E-state index in [1.807, 2.05) is 31.2 Å². The van der Waals surface area contributed by atoms with Gasteiger partial charge < -0.3 is 20.7 Å². The number of likely N-dealkylation sites (N-methyl/N-ethyl adjacent to an activating group) is 1. The summed E-state index contributed by atoms with van der Waals surface area (Å²) in [4.78, 5) is 11.5. The number of carbonyl (C=O) groups excluding carboxylic acids is 1. The zero-order chi connectivity index (χ0) is 13.2. The highest BCUT2D eigenvalue weighted by molar-refractivity contribution is 5.81. The van der Waals surface area contributed by atoms with Crippen LogP contribution in [0.1, 0.15) is 6.92 Å². The number of para-hydroxylation sites is 2. The van der Waals surface area contributed by atoms with Gasteiger partial charge in [-0.25, -0.2) is 0 Å². The smallest absolute Gasteiger partial charge is 0.239 e. The van der Waals surface area contributed by atoms with E-state index in [0.29, 0.717) is 6.54 Å². The Kier molecular flexibility index (Phi) is 6.64. The van der Waals surface area contributed by atoms with Gasteiger partial charge in [-0.15, -0.1) is 0 Å². The predicted molar refractivity (Wildman–Crippen MR) is 73.0 cm³/mol. The molecule has 0 radical (unpaired) electrons. The van der Waals surface area contributed by atoms with Crippen molar-refractivity contribution in [3.05, 3.63) is 24.3 Å². The molecule has 0 unspecified atom stereocenters. The van der Waals surface area contributed by atoms with E-state index in [2.05, 4.69) is 16.0 Å². The van der Waals surface area contributed by atoms with E-state index >= 15 is 0 Å². The normalized spacial score (nSPS) is 9.89. The summed E-state index contributed by atoms with van der Waals surface area (Å²) < 4.78 is 5.19. The Bertz CT molecular complexity index is 369. The molecular formula is C13H21N3O2. The van der Waals surface area contributed by atoms with Crippen molar-refractivity contribution in [1.29, 1.82) is 0 Å². The fraction of sp³-hybridized carbons (Fsp3) is 0.462. The first kappa shape index (κ1) is 14.3. The summed E-state index contributed by atoms with van der Waals surface area (Å²) in [7, 11) is 1.61. The van der Waals surface area contributed by atoms with Gasteiger partial charge in [0, 0.05) is 13.1 Å². The van der Waals surface area contributed by atoms with Crippen LogP contribution < -0.4 is 20.7 Å². The molecule has 5 heteroatoms. The summed E-state index contributed by atoms with van der Waals surface area (Å²) in [5.74, 6) is 0.705. The molecule has 0 aliphatic rings. The maximum Gasteiger partial charge on any atom is 0.239 e. The molecule has 18 heavy (non-hydrogen) atoms. The second-order valence-corrected chi connectivity index (χ2v) is 3.76. The number of carbonyl (C=O) groups is 1. The van der Waals surface area contributed by atoms with Crippen molar-refractivity contribution < 1.29 is 9.53 Å². The lowest BCUT2D eigenvalue weighted by Crippen LogP contribution is -2.35. The molecule has 1 rings (SSSR count). The molecule has 1 aromatic carbocycles. The molecule has 100 valence electrons. The van der Waals surface area contributed by atoms with Gasteiger partial charge in [-0.3, -0.25) is 4.79 Å². The molecule has 0 aliphatic carbocycles. The van der Waals surface area contributed by atoms with Crippen molar-refractivity contribution in [3.63, 3.8) is 0 Å². The highest BCUT2D eigenvalue weighted by Crippen LogP contribution is 2.22. The lowest BCUT2D eigenvalue weighted by molar-refractivity contribution is -0.119. The van der Waals surface area contributed by atoms with Crippen LogP contribution >= 0.6 is 0 Å². The minimum absolute atomic E-state index is 0.0289. The Morgan fingerprint density at radius 1 is 1.28 bits per heavy atom. The molecule has 1 amide bonds. The molecule has 0 bridgehead atoms. The molecule has 0 fully saturated rings. The van der Waals surface area contributed by atoms with Gasteiger partial charge in [-0.1, -0.05) is 19.1 Å². The molecule has 1 aromatic rings. The second kappa shape index (κ2) is 8.36. The SMILES string of the molecule is CCNCCNC(=O)CNc1ccccc1OC. The van der Waals surface area contributed by atoms with Gasteiger partial charge in [0.25, 0.3) is 0 Å². The van der Waals surface area contributed by atoms with Gasteiger partial charge in [-0.05, 0) is 18.7 Å². The minimum Gasteiger partial charge on any atom is -0.495 e. The van der Waals surface area contributed by atoms with Crippen LogP contribution in [0.3, 0.4) is 0 Å². The summed E-state index contributed by atoms with van der Waals surface area (Å²) in [5, 5.41) is 9.01. The number of anilines is 1. The summed E-state index contributed by atoms with van der Waals surface area (Å²) in [6.07, 6.45) is 0. The van der Waals surface area contributed by atoms with E-state index in [9.17, 15) is 4.79 Å². The van der Waals surface area contributed by atoms with Gasteiger partial charge in [0.05, 0.1) is 19.3 Å². The number of benzene rings is 1. The van der Waals surface area contributed by atoms with Crippen molar-refractivity contribution in [1.82, 2.24) is 10.6 Å². The summed E-state index contributed by atoms with van der Waals surface area (Å²) in [6.45, 7) is 4.62. The molecule has 0 saturated heterocycles. The van der Waals surface area contributed by atoms with Gasteiger partial charge >= 0.3 is 0 Å². The zero-order valence-corrected chi connectivity index (χ0v) is 11.0. The third-order valence-electron chi connectivity index (χ3n) is 2.42. The highest BCUT2D eigenvalue weighted by Gasteiger charge is 2.03. The van der Waals surface area contributed by atoms with Crippen molar-refractivity contribution in [2.45, 2.75) is 6.92 Å². The predicted octanol–water partition coefficient (Wildman–Crippen LogP) is 0.833. The number of nitrogens with one attached hydrogen (secondary N) is 3. The Hall–Kier alpha value is -1.75. The van der Waals surface area contributed by atoms with Crippen molar-refractivity contribution >= 4 is 11.6 Å². The van der Waals surface area contributed by atoms with E-state index in [1.54, 1.807) is 7.11 Å².